The monoisotopic (exact) mass is 172 g/mol. The van der Waals surface area contributed by atoms with Gasteiger partial charge in [-0.3, -0.25) is 0 Å². The highest BCUT2D eigenvalue weighted by Crippen LogP contribution is 2.41. The second-order valence-electron chi connectivity index (χ2n) is 4.59. The van der Waals surface area contributed by atoms with Gasteiger partial charge in [-0.2, -0.15) is 0 Å². The summed E-state index contributed by atoms with van der Waals surface area (Å²) in [5, 5.41) is -1.45. The molecule has 6 heteroatoms. The number of hydrogen-bond acceptors (Lipinski definition) is 2. The maximum Gasteiger partial charge on any atom is 0.438 e. The summed E-state index contributed by atoms with van der Waals surface area (Å²) in [7, 11) is 15.7. The van der Waals surface area contributed by atoms with Gasteiger partial charge in [0.2, 0.25) is 0 Å². The molecule has 0 bridgehead atoms. The largest absolute Gasteiger partial charge is 0.438 e. The summed E-state index contributed by atoms with van der Waals surface area (Å²) in [6.45, 7) is 7.66. The Hall–Kier alpha value is 0.180. The molecule has 0 atom stereocenters. The van der Waals surface area contributed by atoms with Gasteiger partial charge in [-0.15, -0.1) is 0 Å². The van der Waals surface area contributed by atoms with E-state index in [4.69, 9.17) is 32.8 Å². The standard InChI is InChI=1S/C7H12B4O2/c1-5(2)6(3,4)13-11(12-5)7(8,9)10/h1-4H3. The summed E-state index contributed by atoms with van der Waals surface area (Å²) < 4.78 is 11.1. The van der Waals surface area contributed by atoms with Crippen LogP contribution in [0.1, 0.15) is 27.7 Å². The van der Waals surface area contributed by atoms with Crippen LogP contribution >= 0.6 is 0 Å². The van der Waals surface area contributed by atoms with Crippen LogP contribution in [-0.4, -0.2) is 41.9 Å². The highest BCUT2D eigenvalue weighted by molar-refractivity contribution is 6.85. The topological polar surface area (TPSA) is 18.5 Å². The Labute approximate surface area is 84.5 Å². The molecule has 0 aliphatic carbocycles. The normalized spacial score (nSPS) is 26.3. The van der Waals surface area contributed by atoms with Gasteiger partial charge >= 0.3 is 7.12 Å². The lowest BCUT2D eigenvalue weighted by molar-refractivity contribution is 0.00578. The molecule has 13 heavy (non-hydrogen) atoms. The van der Waals surface area contributed by atoms with E-state index in [1.807, 2.05) is 27.7 Å². The summed E-state index contributed by atoms with van der Waals surface area (Å²) in [4.78, 5) is 0. The van der Waals surface area contributed by atoms with Crippen molar-refractivity contribution in [1.82, 2.24) is 0 Å². The smallest absolute Gasteiger partial charge is 0.404 e. The first-order valence-electron chi connectivity index (χ1n) is 4.28. The molecule has 0 unspecified atom stereocenters. The van der Waals surface area contributed by atoms with Gasteiger partial charge in [-0.05, 0) is 27.7 Å². The minimum absolute atomic E-state index is 0.443. The Morgan fingerprint density at radius 2 is 1.23 bits per heavy atom. The first-order chi connectivity index (χ1) is 5.56. The molecule has 64 valence electrons. The Morgan fingerprint density at radius 1 is 0.923 bits per heavy atom. The molecule has 0 aromatic rings. The van der Waals surface area contributed by atoms with Crippen LogP contribution in [0.25, 0.3) is 0 Å². The quantitative estimate of drug-likeness (QED) is 0.525. The predicted molar refractivity (Wildman–Crippen MR) is 56.0 cm³/mol. The predicted octanol–water partition coefficient (Wildman–Crippen LogP) is 0.197. The summed E-state index contributed by atoms with van der Waals surface area (Å²) in [6, 6.07) is 0. The van der Waals surface area contributed by atoms with E-state index in [2.05, 4.69) is 0 Å². The molecule has 0 saturated carbocycles. The molecule has 1 aliphatic heterocycles. The van der Waals surface area contributed by atoms with Gasteiger partial charge in [-0.25, -0.2) is 0 Å². The molecule has 0 N–H and O–H groups in total. The molecule has 0 aromatic carbocycles. The Kier molecular flexibility index (Phi) is 2.45. The Morgan fingerprint density at radius 3 is 1.38 bits per heavy atom. The molecule has 0 spiro atoms. The van der Waals surface area contributed by atoms with Crippen LogP contribution in [0.5, 0.6) is 0 Å². The molecular weight excluding hydrogens is 159 g/mol. The average Bonchev–Trinajstić information content (AvgIpc) is 2.00. The van der Waals surface area contributed by atoms with Crippen molar-refractivity contribution in [3.63, 3.8) is 0 Å². The van der Waals surface area contributed by atoms with Crippen molar-refractivity contribution < 1.29 is 9.31 Å². The minimum atomic E-state index is -1.45. The number of hydrogen-bond donors (Lipinski definition) is 0. The van der Waals surface area contributed by atoms with Crippen LogP contribution in [0.3, 0.4) is 0 Å². The molecule has 1 heterocycles. The summed E-state index contributed by atoms with van der Waals surface area (Å²) in [5.41, 5.74) is -0.887. The lowest BCUT2D eigenvalue weighted by Gasteiger charge is -2.32. The van der Waals surface area contributed by atoms with Crippen molar-refractivity contribution in [2.24, 2.45) is 0 Å². The zero-order valence-electron chi connectivity index (χ0n) is 8.63. The van der Waals surface area contributed by atoms with Crippen LogP contribution in [0.4, 0.5) is 0 Å². The van der Waals surface area contributed by atoms with Gasteiger partial charge in [0.1, 0.15) is 0 Å². The summed E-state index contributed by atoms with van der Waals surface area (Å²) >= 11 is 0. The third-order valence-corrected chi connectivity index (χ3v) is 2.66. The van der Waals surface area contributed by atoms with Gasteiger partial charge in [0, 0.05) is 23.5 Å². The molecule has 1 rings (SSSR count). The lowest BCUT2D eigenvalue weighted by Crippen LogP contribution is -2.41. The summed E-state index contributed by atoms with van der Waals surface area (Å²) in [5.74, 6) is 0. The van der Waals surface area contributed by atoms with Gasteiger partial charge in [0.25, 0.3) is 0 Å². The maximum absolute atomic E-state index is 5.53. The zero-order valence-corrected chi connectivity index (χ0v) is 8.63. The highest BCUT2D eigenvalue weighted by atomic mass is 16.7. The molecule has 1 saturated heterocycles. The highest BCUT2D eigenvalue weighted by Gasteiger charge is 2.54. The molecular formula is C7H12B4O2. The van der Waals surface area contributed by atoms with E-state index in [0.29, 0.717) is 0 Å². The summed E-state index contributed by atoms with van der Waals surface area (Å²) in [6.07, 6.45) is 0. The molecule has 0 amide bonds. The van der Waals surface area contributed by atoms with E-state index < -0.39 is 23.3 Å². The molecule has 1 fully saturated rings. The van der Waals surface area contributed by atoms with Gasteiger partial charge in [0.15, 0.2) is 0 Å². The average molecular weight is 171 g/mol. The maximum atomic E-state index is 5.53. The lowest BCUT2D eigenvalue weighted by atomic mass is 9.27. The van der Waals surface area contributed by atoms with Crippen molar-refractivity contribution in [3.05, 3.63) is 0 Å². The molecule has 6 radical (unpaired) electrons. The van der Waals surface area contributed by atoms with Crippen LogP contribution in [-0.2, 0) is 9.31 Å². The first kappa shape index (κ1) is 11.3. The van der Waals surface area contributed by atoms with Gasteiger partial charge in [0.05, 0.1) is 11.2 Å². The molecule has 0 aromatic heterocycles. The fraction of sp³-hybridized carbons (Fsp3) is 1.00. The van der Waals surface area contributed by atoms with E-state index >= 15 is 0 Å². The fourth-order valence-electron chi connectivity index (χ4n) is 1.05. The Balaban J connectivity index is 2.83. The van der Waals surface area contributed by atoms with E-state index in [-0.39, 0.29) is 0 Å². The first-order valence-corrected chi connectivity index (χ1v) is 4.28. The van der Waals surface area contributed by atoms with E-state index in [1.54, 1.807) is 0 Å². The van der Waals surface area contributed by atoms with Gasteiger partial charge in [-0.1, -0.05) is 5.01 Å². The van der Waals surface area contributed by atoms with E-state index in [9.17, 15) is 0 Å². The van der Waals surface area contributed by atoms with E-state index in [0.717, 1.165) is 0 Å². The third-order valence-electron chi connectivity index (χ3n) is 2.66. The van der Waals surface area contributed by atoms with Gasteiger partial charge < -0.3 is 9.31 Å². The second-order valence-corrected chi connectivity index (χ2v) is 4.59. The minimum Gasteiger partial charge on any atom is -0.404 e. The third kappa shape index (κ3) is 1.99. The van der Waals surface area contributed by atoms with Crippen molar-refractivity contribution in [2.45, 2.75) is 43.9 Å². The van der Waals surface area contributed by atoms with Crippen LogP contribution in [0.15, 0.2) is 0 Å². The van der Waals surface area contributed by atoms with E-state index in [1.165, 1.54) is 0 Å². The van der Waals surface area contributed by atoms with Crippen molar-refractivity contribution in [3.8, 4) is 0 Å². The fourth-order valence-corrected chi connectivity index (χ4v) is 1.05. The van der Waals surface area contributed by atoms with Crippen molar-refractivity contribution in [2.75, 3.05) is 0 Å². The molecule has 1 aliphatic rings. The Bertz CT molecular complexity index is 193. The van der Waals surface area contributed by atoms with Crippen LogP contribution < -0.4 is 0 Å². The van der Waals surface area contributed by atoms with Crippen molar-refractivity contribution >= 4 is 30.7 Å². The van der Waals surface area contributed by atoms with Crippen LogP contribution in [0.2, 0.25) is 5.01 Å². The van der Waals surface area contributed by atoms with Crippen LogP contribution in [0, 0.1) is 0 Å². The molecule has 2 nitrogen and oxygen atoms in total. The zero-order chi connectivity index (χ0) is 10.5. The second kappa shape index (κ2) is 2.83. The van der Waals surface area contributed by atoms with Crippen molar-refractivity contribution in [1.29, 1.82) is 0 Å². The SMILES string of the molecule is [B]C([B])([B])B1OC(C)(C)C(C)(C)O1. The number of rotatable bonds is 1.